The van der Waals surface area contributed by atoms with Crippen LogP contribution in [0.2, 0.25) is 0 Å². The fourth-order valence-electron chi connectivity index (χ4n) is 3.10. The average molecular weight is 280 g/mol. The number of fused-ring (bicyclic) bond motifs is 2. The van der Waals surface area contributed by atoms with E-state index in [1.165, 1.54) is 19.3 Å². The molecule has 1 aliphatic heterocycles. The molecule has 1 aliphatic carbocycles. The summed E-state index contributed by atoms with van der Waals surface area (Å²) in [6.07, 6.45) is 4.94. The molecule has 2 nitrogen and oxygen atoms in total. The van der Waals surface area contributed by atoms with Gasteiger partial charge in [-0.2, -0.15) is 0 Å². The highest BCUT2D eigenvalue weighted by Gasteiger charge is 2.38. The normalized spacial score (nSPS) is 27.4. The van der Waals surface area contributed by atoms with Crippen LogP contribution in [-0.2, 0) is 0 Å². The molecule has 0 amide bonds. The Labute approximate surface area is 104 Å². The van der Waals surface area contributed by atoms with Crippen LogP contribution in [0.1, 0.15) is 29.6 Å². The molecule has 3 rings (SSSR count). The number of hydrogen-bond donors (Lipinski definition) is 0. The Hall–Kier alpha value is -0.830. The molecule has 2 atom stereocenters. The Morgan fingerprint density at radius 3 is 2.88 bits per heavy atom. The Bertz CT molecular complexity index is 432. The highest BCUT2D eigenvalue weighted by molar-refractivity contribution is 9.10. The molecule has 2 unspecified atom stereocenters. The fraction of sp³-hybridized carbons (Fsp3) is 0.462. The molecular formula is C13H14BrNO. The summed E-state index contributed by atoms with van der Waals surface area (Å²) in [7, 11) is 0. The second-order valence-corrected chi connectivity index (χ2v) is 5.72. The lowest BCUT2D eigenvalue weighted by atomic mass is 10.1. The quantitative estimate of drug-likeness (QED) is 0.775. The number of anilines is 1. The van der Waals surface area contributed by atoms with Crippen LogP contribution in [0.3, 0.4) is 0 Å². The van der Waals surface area contributed by atoms with E-state index in [-0.39, 0.29) is 0 Å². The van der Waals surface area contributed by atoms with Gasteiger partial charge in [0.25, 0.3) is 0 Å². The Balaban J connectivity index is 1.97. The third-order valence-corrected chi connectivity index (χ3v) is 4.33. The molecule has 1 heterocycles. The first-order valence-electron chi connectivity index (χ1n) is 5.79. The molecule has 2 bridgehead atoms. The molecule has 0 radical (unpaired) electrons. The number of carbonyl (C=O) groups excluding carboxylic acids is 1. The first-order chi connectivity index (χ1) is 7.78. The van der Waals surface area contributed by atoms with E-state index in [9.17, 15) is 4.79 Å². The first kappa shape index (κ1) is 10.3. The fourth-order valence-corrected chi connectivity index (χ4v) is 3.48. The number of benzene rings is 1. The third kappa shape index (κ3) is 1.58. The van der Waals surface area contributed by atoms with E-state index in [4.69, 9.17) is 0 Å². The number of carbonyl (C=O) groups is 1. The molecule has 0 aromatic heterocycles. The van der Waals surface area contributed by atoms with Gasteiger partial charge in [-0.1, -0.05) is 15.9 Å². The van der Waals surface area contributed by atoms with Crippen molar-refractivity contribution in [2.24, 2.45) is 5.92 Å². The minimum absolute atomic E-state index is 0.671. The van der Waals surface area contributed by atoms with Crippen molar-refractivity contribution in [1.29, 1.82) is 0 Å². The summed E-state index contributed by atoms with van der Waals surface area (Å²) in [5.74, 6) is 0.855. The van der Waals surface area contributed by atoms with Gasteiger partial charge in [0.05, 0.1) is 0 Å². The Morgan fingerprint density at radius 2 is 2.25 bits per heavy atom. The van der Waals surface area contributed by atoms with Crippen molar-refractivity contribution in [2.75, 3.05) is 11.4 Å². The molecule has 0 spiro atoms. The molecule has 0 N–H and O–H groups in total. The van der Waals surface area contributed by atoms with Gasteiger partial charge in [-0.3, -0.25) is 4.79 Å². The molecule has 16 heavy (non-hydrogen) atoms. The van der Waals surface area contributed by atoms with Gasteiger partial charge in [-0.15, -0.1) is 0 Å². The highest BCUT2D eigenvalue weighted by Crippen LogP contribution is 2.41. The van der Waals surface area contributed by atoms with Gasteiger partial charge in [-0.25, -0.2) is 0 Å². The average Bonchev–Trinajstić information content (AvgIpc) is 2.90. The van der Waals surface area contributed by atoms with Gasteiger partial charge in [0, 0.05) is 28.3 Å². The summed E-state index contributed by atoms with van der Waals surface area (Å²) in [6.45, 7) is 1.13. The lowest BCUT2D eigenvalue weighted by Crippen LogP contribution is -2.32. The molecule has 1 aromatic carbocycles. The zero-order chi connectivity index (χ0) is 11.1. The number of aldehydes is 1. The highest BCUT2D eigenvalue weighted by atomic mass is 79.9. The van der Waals surface area contributed by atoms with Crippen LogP contribution < -0.4 is 4.90 Å². The minimum Gasteiger partial charge on any atom is -0.368 e. The molecular weight excluding hydrogens is 266 g/mol. The van der Waals surface area contributed by atoms with Gasteiger partial charge >= 0.3 is 0 Å². The van der Waals surface area contributed by atoms with Crippen LogP contribution in [0.4, 0.5) is 5.69 Å². The zero-order valence-electron chi connectivity index (χ0n) is 9.03. The topological polar surface area (TPSA) is 20.3 Å². The van der Waals surface area contributed by atoms with Crippen molar-refractivity contribution in [3.05, 3.63) is 28.2 Å². The predicted molar refractivity (Wildman–Crippen MR) is 68.0 cm³/mol. The number of hydrogen-bond acceptors (Lipinski definition) is 2. The van der Waals surface area contributed by atoms with Crippen LogP contribution in [0, 0.1) is 5.92 Å². The minimum atomic E-state index is 0.671. The van der Waals surface area contributed by atoms with Crippen molar-refractivity contribution in [2.45, 2.75) is 25.3 Å². The summed E-state index contributed by atoms with van der Waals surface area (Å²) < 4.78 is 0.975. The largest absolute Gasteiger partial charge is 0.368 e. The van der Waals surface area contributed by atoms with Crippen molar-refractivity contribution < 1.29 is 4.79 Å². The van der Waals surface area contributed by atoms with Crippen LogP contribution in [0.15, 0.2) is 22.7 Å². The number of nitrogens with zero attached hydrogens (tertiary/aromatic N) is 1. The maximum absolute atomic E-state index is 11.1. The van der Waals surface area contributed by atoms with Gasteiger partial charge in [0.1, 0.15) is 0 Å². The van der Waals surface area contributed by atoms with E-state index >= 15 is 0 Å². The van der Waals surface area contributed by atoms with Crippen molar-refractivity contribution in [3.63, 3.8) is 0 Å². The second-order valence-electron chi connectivity index (χ2n) is 4.81. The maximum atomic E-state index is 11.1. The first-order valence-corrected chi connectivity index (χ1v) is 6.58. The van der Waals surface area contributed by atoms with Crippen molar-refractivity contribution in [1.82, 2.24) is 0 Å². The van der Waals surface area contributed by atoms with E-state index in [1.54, 1.807) is 0 Å². The van der Waals surface area contributed by atoms with Crippen LogP contribution in [-0.4, -0.2) is 18.9 Å². The lowest BCUT2D eigenvalue weighted by molar-refractivity contribution is 0.112. The molecule has 84 valence electrons. The van der Waals surface area contributed by atoms with Gasteiger partial charge in [0.15, 0.2) is 6.29 Å². The summed E-state index contributed by atoms with van der Waals surface area (Å²) >= 11 is 3.41. The van der Waals surface area contributed by atoms with E-state index in [2.05, 4.69) is 26.9 Å². The van der Waals surface area contributed by atoms with Crippen LogP contribution >= 0.6 is 15.9 Å². The number of piperidine rings is 1. The monoisotopic (exact) mass is 279 g/mol. The number of halogens is 1. The van der Waals surface area contributed by atoms with Crippen LogP contribution in [0.25, 0.3) is 0 Å². The number of rotatable bonds is 2. The van der Waals surface area contributed by atoms with E-state index in [0.717, 1.165) is 34.5 Å². The molecule has 1 saturated carbocycles. The summed E-state index contributed by atoms with van der Waals surface area (Å²) in [5.41, 5.74) is 1.92. The van der Waals surface area contributed by atoms with E-state index < -0.39 is 0 Å². The van der Waals surface area contributed by atoms with Gasteiger partial charge in [-0.05, 0) is 43.4 Å². The molecule has 3 heteroatoms. The zero-order valence-corrected chi connectivity index (χ0v) is 10.6. The Kier molecular flexibility index (Phi) is 2.51. The van der Waals surface area contributed by atoms with E-state index in [0.29, 0.717) is 6.04 Å². The van der Waals surface area contributed by atoms with Crippen molar-refractivity contribution in [3.8, 4) is 0 Å². The predicted octanol–water partition coefficient (Wildman–Crippen LogP) is 3.25. The smallest absolute Gasteiger partial charge is 0.152 e. The summed E-state index contributed by atoms with van der Waals surface area (Å²) in [4.78, 5) is 13.5. The maximum Gasteiger partial charge on any atom is 0.152 e. The summed E-state index contributed by atoms with van der Waals surface area (Å²) in [6, 6.07) is 6.67. The lowest BCUT2D eigenvalue weighted by Gasteiger charge is -2.30. The van der Waals surface area contributed by atoms with Crippen LogP contribution in [0.5, 0.6) is 0 Å². The third-order valence-electron chi connectivity index (χ3n) is 3.84. The van der Waals surface area contributed by atoms with Gasteiger partial charge < -0.3 is 4.90 Å². The van der Waals surface area contributed by atoms with E-state index in [1.807, 2.05) is 12.1 Å². The SMILES string of the molecule is O=Cc1cc(Br)ccc1N1CC2CCC1C2. The molecule has 1 aromatic rings. The second kappa shape index (κ2) is 3.88. The molecule has 1 saturated heterocycles. The molecule has 2 fully saturated rings. The Morgan fingerprint density at radius 1 is 1.38 bits per heavy atom. The standard InChI is InChI=1S/C13H14BrNO/c14-11-2-4-13(10(6-11)8-16)15-7-9-1-3-12(15)5-9/h2,4,6,8-9,12H,1,3,5,7H2. The molecule has 2 aliphatic rings. The van der Waals surface area contributed by atoms with Crippen molar-refractivity contribution >= 4 is 27.9 Å². The summed E-state index contributed by atoms with van der Waals surface area (Å²) in [5, 5.41) is 0. The van der Waals surface area contributed by atoms with Gasteiger partial charge in [0.2, 0.25) is 0 Å².